The number of rotatable bonds is 6. The SMILES string of the molecule is Cc1ccc(N(C)CCCCN2CCNCC2)cc1. The molecule has 0 radical (unpaired) electrons. The van der Waals surface area contributed by atoms with Crippen molar-refractivity contribution in [3.05, 3.63) is 29.8 Å². The molecule has 3 nitrogen and oxygen atoms in total. The Balaban J connectivity index is 1.63. The smallest absolute Gasteiger partial charge is 0.0363 e. The third-order valence-electron chi connectivity index (χ3n) is 3.90. The van der Waals surface area contributed by atoms with Crippen molar-refractivity contribution in [2.45, 2.75) is 19.8 Å². The second-order valence-corrected chi connectivity index (χ2v) is 5.56. The molecule has 0 aromatic heterocycles. The van der Waals surface area contributed by atoms with Gasteiger partial charge in [0.15, 0.2) is 0 Å². The monoisotopic (exact) mass is 261 g/mol. The van der Waals surface area contributed by atoms with Gasteiger partial charge in [-0.1, -0.05) is 17.7 Å². The summed E-state index contributed by atoms with van der Waals surface area (Å²) in [7, 11) is 2.19. The van der Waals surface area contributed by atoms with Crippen LogP contribution in [0.5, 0.6) is 0 Å². The molecule has 1 aliphatic heterocycles. The van der Waals surface area contributed by atoms with Gasteiger partial charge in [0.2, 0.25) is 0 Å². The topological polar surface area (TPSA) is 18.5 Å². The molecule has 106 valence electrons. The summed E-state index contributed by atoms with van der Waals surface area (Å²) in [5.74, 6) is 0. The highest BCUT2D eigenvalue weighted by Gasteiger charge is 2.08. The zero-order chi connectivity index (χ0) is 13.5. The van der Waals surface area contributed by atoms with Gasteiger partial charge < -0.3 is 15.1 Å². The minimum Gasteiger partial charge on any atom is -0.375 e. The molecule has 19 heavy (non-hydrogen) atoms. The molecule has 0 aliphatic carbocycles. The second-order valence-electron chi connectivity index (χ2n) is 5.56. The van der Waals surface area contributed by atoms with Crippen LogP contribution in [0.3, 0.4) is 0 Å². The Morgan fingerprint density at radius 3 is 2.47 bits per heavy atom. The summed E-state index contributed by atoms with van der Waals surface area (Å²) >= 11 is 0. The van der Waals surface area contributed by atoms with E-state index in [1.165, 1.54) is 43.7 Å². The van der Waals surface area contributed by atoms with E-state index >= 15 is 0 Å². The molecule has 1 saturated heterocycles. The zero-order valence-corrected chi connectivity index (χ0v) is 12.4. The maximum absolute atomic E-state index is 3.40. The number of nitrogens with zero attached hydrogens (tertiary/aromatic N) is 2. The lowest BCUT2D eigenvalue weighted by molar-refractivity contribution is 0.237. The molecule has 1 aromatic carbocycles. The van der Waals surface area contributed by atoms with Crippen LogP contribution in [0.1, 0.15) is 18.4 Å². The van der Waals surface area contributed by atoms with Gasteiger partial charge in [-0.05, 0) is 38.4 Å². The highest BCUT2D eigenvalue weighted by molar-refractivity contribution is 5.46. The number of aryl methyl sites for hydroxylation is 1. The number of hydrogen-bond acceptors (Lipinski definition) is 3. The largest absolute Gasteiger partial charge is 0.375 e. The Labute approximate surface area is 117 Å². The average molecular weight is 261 g/mol. The van der Waals surface area contributed by atoms with Crippen LogP contribution in [0.25, 0.3) is 0 Å². The Morgan fingerprint density at radius 1 is 1.11 bits per heavy atom. The molecular weight excluding hydrogens is 234 g/mol. The first-order valence-corrected chi connectivity index (χ1v) is 7.46. The molecule has 0 bridgehead atoms. The van der Waals surface area contributed by atoms with Crippen LogP contribution in [0, 0.1) is 6.92 Å². The van der Waals surface area contributed by atoms with Gasteiger partial charge in [0.25, 0.3) is 0 Å². The summed E-state index contributed by atoms with van der Waals surface area (Å²) in [6, 6.07) is 8.80. The maximum Gasteiger partial charge on any atom is 0.0363 e. The average Bonchev–Trinajstić information content (AvgIpc) is 2.45. The lowest BCUT2D eigenvalue weighted by Gasteiger charge is -2.27. The zero-order valence-electron chi connectivity index (χ0n) is 12.4. The normalized spacial score (nSPS) is 16.5. The van der Waals surface area contributed by atoms with Crippen LogP contribution in [-0.4, -0.2) is 51.2 Å². The maximum atomic E-state index is 3.40. The first-order chi connectivity index (χ1) is 9.25. The third kappa shape index (κ3) is 4.84. The van der Waals surface area contributed by atoms with Gasteiger partial charge in [-0.2, -0.15) is 0 Å². The van der Waals surface area contributed by atoms with E-state index in [9.17, 15) is 0 Å². The Bertz CT molecular complexity index is 355. The van der Waals surface area contributed by atoms with Crippen LogP contribution >= 0.6 is 0 Å². The van der Waals surface area contributed by atoms with Crippen molar-refractivity contribution < 1.29 is 0 Å². The minimum atomic E-state index is 1.15. The molecule has 1 fully saturated rings. The third-order valence-corrected chi connectivity index (χ3v) is 3.90. The van der Waals surface area contributed by atoms with E-state index in [1.807, 2.05) is 0 Å². The molecule has 0 saturated carbocycles. The molecular formula is C16H27N3. The predicted octanol–water partition coefficient (Wildman–Crippen LogP) is 2.12. The van der Waals surface area contributed by atoms with Crippen LogP contribution in [0.2, 0.25) is 0 Å². The number of piperazine rings is 1. The van der Waals surface area contributed by atoms with Crippen LogP contribution in [-0.2, 0) is 0 Å². The van der Waals surface area contributed by atoms with Gasteiger partial charge in [-0.25, -0.2) is 0 Å². The second kappa shape index (κ2) is 7.51. The molecule has 1 N–H and O–H groups in total. The summed E-state index contributed by atoms with van der Waals surface area (Å²) in [4.78, 5) is 4.93. The molecule has 0 amide bonds. The molecule has 0 spiro atoms. The summed E-state index contributed by atoms with van der Waals surface area (Å²) in [6.45, 7) is 9.28. The Morgan fingerprint density at radius 2 is 1.79 bits per heavy atom. The first-order valence-electron chi connectivity index (χ1n) is 7.46. The quantitative estimate of drug-likeness (QED) is 0.791. The molecule has 1 aliphatic rings. The fourth-order valence-corrected chi connectivity index (χ4v) is 2.55. The van der Waals surface area contributed by atoms with Crippen molar-refractivity contribution in [1.29, 1.82) is 0 Å². The van der Waals surface area contributed by atoms with Crippen molar-refractivity contribution >= 4 is 5.69 Å². The molecule has 1 heterocycles. The lowest BCUT2D eigenvalue weighted by atomic mass is 10.2. The fourth-order valence-electron chi connectivity index (χ4n) is 2.55. The van der Waals surface area contributed by atoms with E-state index in [0.29, 0.717) is 0 Å². The van der Waals surface area contributed by atoms with E-state index in [-0.39, 0.29) is 0 Å². The number of anilines is 1. The molecule has 1 aromatic rings. The molecule has 0 unspecified atom stereocenters. The number of hydrogen-bond donors (Lipinski definition) is 1. The van der Waals surface area contributed by atoms with Crippen LogP contribution in [0.4, 0.5) is 5.69 Å². The van der Waals surface area contributed by atoms with Gasteiger partial charge in [-0.3, -0.25) is 0 Å². The fraction of sp³-hybridized carbons (Fsp3) is 0.625. The van der Waals surface area contributed by atoms with E-state index < -0.39 is 0 Å². The summed E-state index contributed by atoms with van der Waals surface area (Å²) in [6.07, 6.45) is 2.57. The predicted molar refractivity (Wildman–Crippen MR) is 83.0 cm³/mol. The van der Waals surface area contributed by atoms with Gasteiger partial charge in [0.1, 0.15) is 0 Å². The van der Waals surface area contributed by atoms with E-state index in [0.717, 1.165) is 19.6 Å². The first kappa shape index (κ1) is 14.4. The number of unbranched alkanes of at least 4 members (excludes halogenated alkanes) is 1. The Kier molecular flexibility index (Phi) is 5.67. The summed E-state index contributed by atoms with van der Waals surface area (Å²) < 4.78 is 0. The Hall–Kier alpha value is -1.06. The standard InChI is InChI=1S/C16H27N3/c1-15-5-7-16(8-6-15)18(2)11-3-4-12-19-13-9-17-10-14-19/h5-8,17H,3-4,9-14H2,1-2H3. The van der Waals surface area contributed by atoms with Crippen LogP contribution < -0.4 is 10.2 Å². The van der Waals surface area contributed by atoms with E-state index in [4.69, 9.17) is 0 Å². The van der Waals surface area contributed by atoms with Gasteiger partial charge >= 0.3 is 0 Å². The van der Waals surface area contributed by atoms with Crippen molar-refractivity contribution in [2.75, 3.05) is 51.2 Å². The lowest BCUT2D eigenvalue weighted by Crippen LogP contribution is -2.43. The summed E-state index contributed by atoms with van der Waals surface area (Å²) in [5.41, 5.74) is 2.66. The number of benzene rings is 1. The summed E-state index contributed by atoms with van der Waals surface area (Å²) in [5, 5.41) is 3.40. The number of nitrogens with one attached hydrogen (secondary N) is 1. The van der Waals surface area contributed by atoms with Gasteiger partial charge in [0, 0.05) is 45.5 Å². The van der Waals surface area contributed by atoms with Gasteiger partial charge in [0.05, 0.1) is 0 Å². The highest BCUT2D eigenvalue weighted by atomic mass is 15.2. The van der Waals surface area contributed by atoms with Crippen molar-refractivity contribution in [3.8, 4) is 0 Å². The van der Waals surface area contributed by atoms with Crippen LogP contribution in [0.15, 0.2) is 24.3 Å². The van der Waals surface area contributed by atoms with E-state index in [1.54, 1.807) is 0 Å². The molecule has 3 heteroatoms. The van der Waals surface area contributed by atoms with Crippen molar-refractivity contribution in [3.63, 3.8) is 0 Å². The van der Waals surface area contributed by atoms with Crippen molar-refractivity contribution in [2.24, 2.45) is 0 Å². The van der Waals surface area contributed by atoms with Crippen molar-refractivity contribution in [1.82, 2.24) is 10.2 Å². The van der Waals surface area contributed by atoms with Gasteiger partial charge in [-0.15, -0.1) is 0 Å². The minimum absolute atomic E-state index is 1.15. The highest BCUT2D eigenvalue weighted by Crippen LogP contribution is 2.13. The van der Waals surface area contributed by atoms with E-state index in [2.05, 4.69) is 53.4 Å². The molecule has 2 rings (SSSR count). The molecule has 0 atom stereocenters.